The molecule has 5 nitrogen and oxygen atoms in total. The molecule has 3 aromatic carbocycles. The lowest BCUT2D eigenvalue weighted by atomic mass is 10.1. The molecule has 1 atom stereocenters. The van der Waals surface area contributed by atoms with Gasteiger partial charge in [0.15, 0.2) is 0 Å². The van der Waals surface area contributed by atoms with Gasteiger partial charge in [0.2, 0.25) is 10.0 Å². The van der Waals surface area contributed by atoms with Gasteiger partial charge >= 0.3 is 0 Å². The van der Waals surface area contributed by atoms with Crippen LogP contribution >= 0.6 is 24.0 Å². The smallest absolute Gasteiger partial charge is 0.243 e. The van der Waals surface area contributed by atoms with Gasteiger partial charge in [-0.05, 0) is 86.7 Å². The SMILES string of the molecule is Cl.O=S(=O)(c1ccc(Cl)cc1)N(Cc1ccccc1OCCCN1CCCCC1)C1CCc2ccccc21. The molecular weight excluding hydrogens is 539 g/mol. The quantitative estimate of drug-likeness (QED) is 0.247. The molecule has 5 rings (SSSR count). The zero-order valence-corrected chi connectivity index (χ0v) is 24.0. The molecule has 0 amide bonds. The molecule has 0 saturated carbocycles. The Morgan fingerprint density at radius 2 is 1.63 bits per heavy atom. The Morgan fingerprint density at radius 3 is 2.42 bits per heavy atom. The highest BCUT2D eigenvalue weighted by atomic mass is 35.5. The Hall–Kier alpha value is -2.09. The van der Waals surface area contributed by atoms with Gasteiger partial charge in [0, 0.05) is 23.7 Å². The van der Waals surface area contributed by atoms with Crippen molar-refractivity contribution in [1.82, 2.24) is 9.21 Å². The van der Waals surface area contributed by atoms with E-state index in [2.05, 4.69) is 17.0 Å². The lowest BCUT2D eigenvalue weighted by Crippen LogP contribution is -2.34. The van der Waals surface area contributed by atoms with E-state index in [0.717, 1.165) is 42.7 Å². The maximum atomic E-state index is 14.0. The number of halogens is 2. The number of likely N-dealkylation sites (tertiary alicyclic amines) is 1. The summed E-state index contributed by atoms with van der Waals surface area (Å²) in [4.78, 5) is 2.76. The lowest BCUT2D eigenvalue weighted by Gasteiger charge is -2.30. The highest BCUT2D eigenvalue weighted by molar-refractivity contribution is 7.89. The molecule has 0 N–H and O–H groups in total. The fourth-order valence-electron chi connectivity index (χ4n) is 5.53. The fourth-order valence-corrected chi connectivity index (χ4v) is 7.27. The summed E-state index contributed by atoms with van der Waals surface area (Å²) in [6.45, 7) is 4.25. The summed E-state index contributed by atoms with van der Waals surface area (Å²) >= 11 is 6.07. The van der Waals surface area contributed by atoms with Crippen LogP contribution in [0, 0.1) is 0 Å². The molecule has 1 heterocycles. The number of ether oxygens (including phenoxy) is 1. The maximum absolute atomic E-state index is 14.0. The van der Waals surface area contributed by atoms with Gasteiger partial charge in [0.05, 0.1) is 17.5 Å². The van der Waals surface area contributed by atoms with Gasteiger partial charge in [-0.1, -0.05) is 60.5 Å². The van der Waals surface area contributed by atoms with Crippen molar-refractivity contribution in [2.45, 2.75) is 56.0 Å². The van der Waals surface area contributed by atoms with Gasteiger partial charge in [-0.25, -0.2) is 8.42 Å². The third-order valence-electron chi connectivity index (χ3n) is 7.49. The van der Waals surface area contributed by atoms with Crippen molar-refractivity contribution in [3.05, 3.63) is 94.5 Å². The number of hydrogen-bond donors (Lipinski definition) is 0. The number of para-hydroxylation sites is 1. The predicted octanol–water partition coefficient (Wildman–Crippen LogP) is 6.90. The molecule has 204 valence electrons. The van der Waals surface area contributed by atoms with Crippen molar-refractivity contribution in [1.29, 1.82) is 0 Å². The average molecular weight is 576 g/mol. The third-order valence-corrected chi connectivity index (χ3v) is 9.61. The molecule has 0 radical (unpaired) electrons. The first-order valence-corrected chi connectivity index (χ1v) is 15.1. The number of nitrogens with zero attached hydrogens (tertiary/aromatic N) is 2. The second kappa shape index (κ2) is 13.3. The molecule has 1 unspecified atom stereocenters. The minimum absolute atomic E-state index is 0. The van der Waals surface area contributed by atoms with E-state index in [4.69, 9.17) is 16.3 Å². The zero-order valence-electron chi connectivity index (χ0n) is 21.6. The monoisotopic (exact) mass is 574 g/mol. The van der Waals surface area contributed by atoms with E-state index in [9.17, 15) is 8.42 Å². The van der Waals surface area contributed by atoms with E-state index in [1.54, 1.807) is 28.6 Å². The van der Waals surface area contributed by atoms with Crippen LogP contribution in [0.5, 0.6) is 5.75 Å². The summed E-state index contributed by atoms with van der Waals surface area (Å²) in [5.74, 6) is 0.753. The Balaban J connectivity index is 0.00000336. The summed E-state index contributed by atoms with van der Waals surface area (Å²) in [5.41, 5.74) is 3.17. The largest absolute Gasteiger partial charge is 0.493 e. The zero-order chi connectivity index (χ0) is 25.7. The van der Waals surface area contributed by atoms with Crippen LogP contribution in [-0.2, 0) is 23.0 Å². The summed E-state index contributed by atoms with van der Waals surface area (Å²) in [6.07, 6.45) is 6.48. The highest BCUT2D eigenvalue weighted by Gasteiger charge is 2.36. The molecule has 3 aromatic rings. The van der Waals surface area contributed by atoms with E-state index >= 15 is 0 Å². The topological polar surface area (TPSA) is 49.9 Å². The fraction of sp³-hybridized carbons (Fsp3) is 0.400. The van der Waals surface area contributed by atoms with Gasteiger partial charge in [-0.2, -0.15) is 4.31 Å². The third kappa shape index (κ3) is 6.72. The van der Waals surface area contributed by atoms with Crippen LogP contribution in [-0.4, -0.2) is 43.9 Å². The average Bonchev–Trinajstić information content (AvgIpc) is 3.35. The Labute approximate surface area is 238 Å². The molecule has 1 aliphatic heterocycles. The van der Waals surface area contributed by atoms with Crippen LogP contribution in [0.4, 0.5) is 0 Å². The summed E-state index contributed by atoms with van der Waals surface area (Å²) < 4.78 is 35.9. The Morgan fingerprint density at radius 1 is 0.921 bits per heavy atom. The normalized spacial score (nSPS) is 17.7. The lowest BCUT2D eigenvalue weighted by molar-refractivity contribution is 0.204. The van der Waals surface area contributed by atoms with Gasteiger partial charge in [-0.15, -0.1) is 12.4 Å². The first-order valence-electron chi connectivity index (χ1n) is 13.3. The standard InChI is InChI=1S/C30H35ClN2O3S.ClH/c31-26-14-16-27(17-15-26)37(34,35)33(29-18-13-24-9-2-4-11-28(24)29)23-25-10-3-5-12-30(25)36-22-8-21-32-19-6-1-7-20-32;/h2-5,9-12,14-17,29H,1,6-8,13,18-23H2;1H. The number of piperidine rings is 1. The molecule has 1 saturated heterocycles. The van der Waals surface area contributed by atoms with Crippen molar-refractivity contribution in [3.63, 3.8) is 0 Å². The maximum Gasteiger partial charge on any atom is 0.243 e. The van der Waals surface area contributed by atoms with Gasteiger partial charge in [0.1, 0.15) is 5.75 Å². The predicted molar refractivity (Wildman–Crippen MR) is 156 cm³/mol. The van der Waals surface area contributed by atoms with E-state index in [1.807, 2.05) is 36.4 Å². The van der Waals surface area contributed by atoms with Crippen molar-refractivity contribution in [2.24, 2.45) is 0 Å². The molecule has 2 aliphatic rings. The summed E-state index contributed by atoms with van der Waals surface area (Å²) in [7, 11) is -3.79. The van der Waals surface area contributed by atoms with E-state index in [1.165, 1.54) is 37.9 Å². The Kier molecular flexibility index (Phi) is 10.1. The number of rotatable bonds is 10. The van der Waals surface area contributed by atoms with E-state index < -0.39 is 10.0 Å². The van der Waals surface area contributed by atoms with E-state index in [0.29, 0.717) is 11.6 Å². The first kappa shape index (κ1) is 28.9. The van der Waals surface area contributed by atoms with Crippen molar-refractivity contribution in [3.8, 4) is 5.75 Å². The number of sulfonamides is 1. The van der Waals surface area contributed by atoms with Crippen molar-refractivity contribution < 1.29 is 13.2 Å². The molecule has 0 bridgehead atoms. The summed E-state index contributed by atoms with van der Waals surface area (Å²) in [6, 6.07) is 22.2. The number of hydrogen-bond acceptors (Lipinski definition) is 4. The molecular formula is C30H36Cl2N2O3S. The van der Waals surface area contributed by atoms with Crippen LogP contribution in [0.25, 0.3) is 0 Å². The van der Waals surface area contributed by atoms with Crippen molar-refractivity contribution >= 4 is 34.0 Å². The highest BCUT2D eigenvalue weighted by Crippen LogP contribution is 2.40. The second-order valence-electron chi connectivity index (χ2n) is 9.97. The molecule has 1 fully saturated rings. The van der Waals surface area contributed by atoms with Crippen LogP contribution in [0.2, 0.25) is 5.02 Å². The minimum Gasteiger partial charge on any atom is -0.493 e. The van der Waals surface area contributed by atoms with Gasteiger partial charge < -0.3 is 9.64 Å². The summed E-state index contributed by atoms with van der Waals surface area (Å²) in [5, 5.41) is 0.514. The van der Waals surface area contributed by atoms with Crippen LogP contribution in [0.15, 0.2) is 77.7 Å². The van der Waals surface area contributed by atoms with Crippen LogP contribution in [0.3, 0.4) is 0 Å². The molecule has 8 heteroatoms. The molecule has 38 heavy (non-hydrogen) atoms. The van der Waals surface area contributed by atoms with Crippen LogP contribution in [0.1, 0.15) is 54.8 Å². The second-order valence-corrected chi connectivity index (χ2v) is 12.3. The molecule has 1 aliphatic carbocycles. The minimum atomic E-state index is -3.79. The molecule has 0 spiro atoms. The number of aryl methyl sites for hydroxylation is 1. The van der Waals surface area contributed by atoms with Crippen LogP contribution < -0.4 is 4.74 Å². The Bertz CT molecular complexity index is 1290. The molecule has 0 aromatic heterocycles. The first-order chi connectivity index (χ1) is 18.0. The number of benzene rings is 3. The van der Waals surface area contributed by atoms with Gasteiger partial charge in [0.25, 0.3) is 0 Å². The van der Waals surface area contributed by atoms with Crippen molar-refractivity contribution in [2.75, 3.05) is 26.2 Å². The number of fused-ring (bicyclic) bond motifs is 1. The van der Waals surface area contributed by atoms with E-state index in [-0.39, 0.29) is 29.9 Å². The van der Waals surface area contributed by atoms with Gasteiger partial charge in [-0.3, -0.25) is 0 Å².